The molecular weight excluding hydrogens is 586 g/mol. The molecule has 10 nitrogen and oxygen atoms in total. The van der Waals surface area contributed by atoms with Crippen LogP contribution in [0.15, 0.2) is 103 Å². The van der Waals surface area contributed by atoms with Crippen LogP contribution in [0, 0.1) is 5.92 Å². The number of cyclic esters (lactones) is 1. The molecule has 10 heteroatoms. The van der Waals surface area contributed by atoms with Crippen LogP contribution in [0.5, 0.6) is 0 Å². The lowest BCUT2D eigenvalue weighted by Gasteiger charge is -2.26. The molecular formula is C36H41N3O7. The predicted octanol–water partition coefficient (Wildman–Crippen LogP) is 3.93. The summed E-state index contributed by atoms with van der Waals surface area (Å²) in [5.74, 6) is -1.96. The molecule has 3 aromatic carbocycles. The van der Waals surface area contributed by atoms with Crippen molar-refractivity contribution in [2.45, 2.75) is 50.9 Å². The number of hydrogen-bond donors (Lipinski definition) is 3. The van der Waals surface area contributed by atoms with Crippen molar-refractivity contribution in [2.24, 2.45) is 5.92 Å². The Kier molecular flexibility index (Phi) is 13.4. The number of ether oxygens (including phenoxy) is 2. The number of aliphatic hydroxyl groups is 1. The molecule has 0 bridgehead atoms. The Morgan fingerprint density at radius 1 is 0.870 bits per heavy atom. The van der Waals surface area contributed by atoms with E-state index in [1.807, 2.05) is 91.0 Å². The number of benzene rings is 3. The first kappa shape index (κ1) is 33.9. The molecule has 0 fully saturated rings. The predicted molar refractivity (Wildman–Crippen MR) is 172 cm³/mol. The number of nitrogens with zero attached hydrogens (tertiary/aromatic N) is 1. The van der Waals surface area contributed by atoms with Gasteiger partial charge in [0.25, 0.3) is 0 Å². The largest absolute Gasteiger partial charge is 0.462 e. The van der Waals surface area contributed by atoms with E-state index in [0.29, 0.717) is 13.0 Å². The Balaban J connectivity index is 1.48. The average Bonchev–Trinajstić information content (AvgIpc) is 3.07. The summed E-state index contributed by atoms with van der Waals surface area (Å²) in [5, 5.41) is 15.2. The Labute approximate surface area is 269 Å². The van der Waals surface area contributed by atoms with Crippen LogP contribution in [0.4, 0.5) is 4.79 Å². The molecule has 0 radical (unpaired) electrons. The van der Waals surface area contributed by atoms with E-state index in [4.69, 9.17) is 9.47 Å². The fourth-order valence-electron chi connectivity index (χ4n) is 5.11. The van der Waals surface area contributed by atoms with Crippen LogP contribution >= 0.6 is 0 Å². The molecule has 3 N–H and O–H groups in total. The molecule has 1 aliphatic heterocycles. The highest BCUT2D eigenvalue weighted by Gasteiger charge is 2.29. The smallest absolute Gasteiger partial charge is 0.408 e. The van der Waals surface area contributed by atoms with Crippen molar-refractivity contribution in [3.05, 3.63) is 120 Å². The Hall–Kier alpha value is -4.96. The van der Waals surface area contributed by atoms with Crippen molar-refractivity contribution in [1.29, 1.82) is 0 Å². The molecule has 3 aromatic rings. The number of allylic oxidation sites excluding steroid dienone is 1. The summed E-state index contributed by atoms with van der Waals surface area (Å²) in [7, 11) is 0. The van der Waals surface area contributed by atoms with Crippen molar-refractivity contribution in [3.8, 4) is 0 Å². The Morgan fingerprint density at radius 3 is 2.13 bits per heavy atom. The normalized spacial score (nSPS) is 18.7. The van der Waals surface area contributed by atoms with Gasteiger partial charge in [0, 0.05) is 19.5 Å². The van der Waals surface area contributed by atoms with E-state index in [1.165, 1.54) is 0 Å². The Morgan fingerprint density at radius 2 is 1.48 bits per heavy atom. The van der Waals surface area contributed by atoms with Gasteiger partial charge in [-0.1, -0.05) is 103 Å². The van der Waals surface area contributed by atoms with Gasteiger partial charge < -0.3 is 30.1 Å². The molecule has 0 spiro atoms. The maximum Gasteiger partial charge on any atom is 0.408 e. The second-order valence-corrected chi connectivity index (χ2v) is 11.2. The van der Waals surface area contributed by atoms with Crippen molar-refractivity contribution in [2.75, 3.05) is 19.8 Å². The van der Waals surface area contributed by atoms with Gasteiger partial charge in [0.2, 0.25) is 11.8 Å². The highest BCUT2D eigenvalue weighted by molar-refractivity contribution is 5.86. The van der Waals surface area contributed by atoms with E-state index in [-0.39, 0.29) is 57.4 Å². The summed E-state index contributed by atoms with van der Waals surface area (Å²) < 4.78 is 10.9. The average molecular weight is 628 g/mol. The van der Waals surface area contributed by atoms with Crippen LogP contribution in [0.3, 0.4) is 0 Å². The number of aliphatic hydroxyl groups excluding tert-OH is 1. The van der Waals surface area contributed by atoms with Gasteiger partial charge in [-0.05, 0) is 36.0 Å². The van der Waals surface area contributed by atoms with Gasteiger partial charge in [-0.2, -0.15) is 0 Å². The second-order valence-electron chi connectivity index (χ2n) is 11.2. The van der Waals surface area contributed by atoms with Gasteiger partial charge in [0.15, 0.2) is 0 Å². The fraction of sp³-hybridized carbons (Fsp3) is 0.333. The topological polar surface area (TPSA) is 134 Å². The van der Waals surface area contributed by atoms with E-state index < -0.39 is 30.1 Å². The summed E-state index contributed by atoms with van der Waals surface area (Å²) in [5.41, 5.74) is 2.65. The van der Waals surface area contributed by atoms with Crippen LogP contribution in [-0.4, -0.2) is 65.7 Å². The van der Waals surface area contributed by atoms with E-state index >= 15 is 0 Å². The first-order chi connectivity index (χ1) is 22.4. The third kappa shape index (κ3) is 11.2. The van der Waals surface area contributed by atoms with Crippen molar-refractivity contribution >= 4 is 23.9 Å². The number of carbonyl (C=O) groups excluding carboxylic acids is 4. The zero-order chi connectivity index (χ0) is 32.6. The molecule has 3 unspecified atom stereocenters. The summed E-state index contributed by atoms with van der Waals surface area (Å²) in [6, 6.07) is 26.5. The molecule has 0 aromatic heterocycles. The molecule has 0 saturated heterocycles. The molecule has 0 aliphatic carbocycles. The number of amides is 3. The van der Waals surface area contributed by atoms with Crippen molar-refractivity contribution in [1.82, 2.24) is 15.5 Å². The molecule has 0 saturated carbocycles. The maximum atomic E-state index is 13.6. The molecule has 1 heterocycles. The van der Waals surface area contributed by atoms with Crippen LogP contribution < -0.4 is 10.6 Å². The number of alkyl carbamates (subject to hydrolysis) is 1. The zero-order valence-corrected chi connectivity index (χ0v) is 25.8. The number of carbonyl (C=O) groups is 4. The van der Waals surface area contributed by atoms with Crippen LogP contribution in [0.2, 0.25) is 0 Å². The molecule has 242 valence electrons. The molecule has 3 amide bonds. The van der Waals surface area contributed by atoms with Gasteiger partial charge in [0.05, 0.1) is 18.6 Å². The second kappa shape index (κ2) is 18.1. The molecule has 4 rings (SSSR count). The minimum absolute atomic E-state index is 0.0444. The third-order valence-corrected chi connectivity index (χ3v) is 7.58. The van der Waals surface area contributed by atoms with E-state index in [0.717, 1.165) is 16.7 Å². The van der Waals surface area contributed by atoms with E-state index in [1.54, 1.807) is 17.1 Å². The van der Waals surface area contributed by atoms with Crippen LogP contribution in [-0.2, 0) is 43.4 Å². The fourth-order valence-corrected chi connectivity index (χ4v) is 5.11. The number of hydrogen-bond acceptors (Lipinski definition) is 7. The molecule has 46 heavy (non-hydrogen) atoms. The molecule has 1 aliphatic rings. The Bertz CT molecular complexity index is 1430. The van der Waals surface area contributed by atoms with Gasteiger partial charge in [-0.3, -0.25) is 9.59 Å². The van der Waals surface area contributed by atoms with Crippen LogP contribution in [0.25, 0.3) is 0 Å². The highest BCUT2D eigenvalue weighted by Crippen LogP contribution is 2.17. The highest BCUT2D eigenvalue weighted by atomic mass is 16.6. The SMILES string of the molecule is O=C(NC1CC=CCC(CC(=O)N(CCO)Cc2ccccc2)C(=O)NC(Cc2ccccc2)COC1=O)OCc1ccccc1. The lowest BCUT2D eigenvalue weighted by Crippen LogP contribution is -2.47. The van der Waals surface area contributed by atoms with Gasteiger partial charge >= 0.3 is 12.1 Å². The summed E-state index contributed by atoms with van der Waals surface area (Å²) >= 11 is 0. The monoisotopic (exact) mass is 627 g/mol. The minimum Gasteiger partial charge on any atom is -0.462 e. The van der Waals surface area contributed by atoms with E-state index in [2.05, 4.69) is 10.6 Å². The summed E-state index contributed by atoms with van der Waals surface area (Å²) in [6.07, 6.45) is 3.31. The van der Waals surface area contributed by atoms with Crippen LogP contribution in [0.1, 0.15) is 36.0 Å². The van der Waals surface area contributed by atoms with E-state index in [9.17, 15) is 24.3 Å². The summed E-state index contributed by atoms with van der Waals surface area (Å²) in [4.78, 5) is 54.3. The maximum absolute atomic E-state index is 13.6. The lowest BCUT2D eigenvalue weighted by atomic mass is 9.97. The standard InChI is InChI=1S/C36H41N3O7/c40-21-20-39(24-28-14-6-2-7-15-28)33(41)23-30-18-10-11-19-32(38-36(44)46-25-29-16-8-3-9-17-29)35(43)45-26-31(37-34(30)42)22-27-12-4-1-5-13-27/h1-17,30-32,40H,18-26H2,(H,37,42)(H,38,44). The van der Waals surface area contributed by atoms with Gasteiger partial charge in [0.1, 0.15) is 19.3 Å². The number of esters is 1. The minimum atomic E-state index is -1.02. The van der Waals surface area contributed by atoms with Crippen molar-refractivity contribution < 1.29 is 33.8 Å². The zero-order valence-electron chi connectivity index (χ0n) is 25.8. The first-order valence-electron chi connectivity index (χ1n) is 15.5. The number of nitrogens with one attached hydrogen (secondary N) is 2. The van der Waals surface area contributed by atoms with Gasteiger partial charge in [-0.15, -0.1) is 0 Å². The summed E-state index contributed by atoms with van der Waals surface area (Å²) in [6.45, 7) is 0.152. The third-order valence-electron chi connectivity index (χ3n) is 7.58. The first-order valence-corrected chi connectivity index (χ1v) is 15.5. The molecule has 3 atom stereocenters. The number of rotatable bonds is 11. The lowest BCUT2D eigenvalue weighted by molar-refractivity contribution is -0.147. The van der Waals surface area contributed by atoms with Gasteiger partial charge in [-0.25, -0.2) is 9.59 Å². The quantitative estimate of drug-likeness (QED) is 0.217. The van der Waals surface area contributed by atoms with Crippen molar-refractivity contribution in [3.63, 3.8) is 0 Å².